The van der Waals surface area contributed by atoms with E-state index in [2.05, 4.69) is 81.5 Å². The van der Waals surface area contributed by atoms with Crippen LogP contribution in [-0.4, -0.2) is 37.2 Å². The molecule has 0 amide bonds. The lowest BCUT2D eigenvalue weighted by Crippen LogP contribution is -2.30. The Morgan fingerprint density at radius 1 is 0.253 bits per heavy atom. The van der Waals surface area contributed by atoms with E-state index in [1.165, 1.54) is 263 Å². The third-order valence-corrected chi connectivity index (χ3v) is 16.5. The van der Waals surface area contributed by atoms with Crippen molar-refractivity contribution < 1.29 is 28.6 Å². The average Bonchev–Trinajstić information content (AvgIpc) is 3.49. The predicted molar refractivity (Wildman–Crippen MR) is 362 cm³/mol. The van der Waals surface area contributed by atoms with Crippen LogP contribution >= 0.6 is 0 Å². The summed E-state index contributed by atoms with van der Waals surface area (Å²) in [4.78, 5) is 38.5. The van der Waals surface area contributed by atoms with E-state index in [0.29, 0.717) is 19.3 Å². The summed E-state index contributed by atoms with van der Waals surface area (Å²) in [5, 5.41) is 0. The zero-order valence-electron chi connectivity index (χ0n) is 55.7. The van der Waals surface area contributed by atoms with Crippen molar-refractivity contribution in [2.75, 3.05) is 13.2 Å². The highest BCUT2D eigenvalue weighted by atomic mass is 16.6. The molecule has 0 aromatic heterocycles. The van der Waals surface area contributed by atoms with Crippen LogP contribution in [-0.2, 0) is 28.6 Å². The van der Waals surface area contributed by atoms with Crippen LogP contribution in [0, 0.1) is 0 Å². The van der Waals surface area contributed by atoms with E-state index in [4.69, 9.17) is 14.2 Å². The lowest BCUT2D eigenvalue weighted by Gasteiger charge is -2.18. The molecule has 0 aromatic rings. The minimum Gasteiger partial charge on any atom is -0.462 e. The molecule has 0 spiro atoms. The molecular weight excluding hydrogens is 1020 g/mol. The van der Waals surface area contributed by atoms with Crippen molar-refractivity contribution in [3.8, 4) is 0 Å². The molecule has 6 nitrogen and oxygen atoms in total. The smallest absolute Gasteiger partial charge is 0.306 e. The molecular formula is C77H140O6. The van der Waals surface area contributed by atoms with Gasteiger partial charge in [0.25, 0.3) is 0 Å². The molecule has 0 N–H and O–H groups in total. The maximum absolute atomic E-state index is 13.0. The summed E-state index contributed by atoms with van der Waals surface area (Å²) in [6, 6.07) is 0. The van der Waals surface area contributed by atoms with E-state index in [0.717, 1.165) is 89.9 Å². The maximum atomic E-state index is 13.0. The molecule has 0 aliphatic carbocycles. The third kappa shape index (κ3) is 69.8. The minimum absolute atomic E-state index is 0.0711. The van der Waals surface area contributed by atoms with Gasteiger partial charge >= 0.3 is 17.9 Å². The first-order chi connectivity index (χ1) is 41.0. The highest BCUT2D eigenvalue weighted by molar-refractivity contribution is 5.71. The highest BCUT2D eigenvalue weighted by Gasteiger charge is 2.19. The molecule has 1 atom stereocenters. The molecule has 484 valence electrons. The summed E-state index contributed by atoms with van der Waals surface area (Å²) in [6.07, 6.45) is 92.6. The number of unbranched alkanes of at least 4 members (excludes halogenated alkanes) is 47. The number of allylic oxidation sites excluding steroid dienone is 10. The van der Waals surface area contributed by atoms with Crippen molar-refractivity contribution in [3.05, 3.63) is 60.8 Å². The number of carbonyl (C=O) groups excluding carboxylic acids is 3. The van der Waals surface area contributed by atoms with Gasteiger partial charge < -0.3 is 14.2 Å². The quantitative estimate of drug-likeness (QED) is 0.0261. The Morgan fingerprint density at radius 2 is 0.470 bits per heavy atom. The zero-order valence-corrected chi connectivity index (χ0v) is 55.7. The SMILES string of the molecule is CC/C=C\C/C=C\C/C=C\C/C=C\CCCCCCCCCCCCCCCCCCC(=O)OCC(COC(=O)CCCCCCC/C=C\CCCCCCCC)OC(=O)CCCCCCCCCCCCCCCCCCCCCCC. The van der Waals surface area contributed by atoms with Gasteiger partial charge in [-0.05, 0) is 83.5 Å². The van der Waals surface area contributed by atoms with Crippen molar-refractivity contribution in [1.82, 2.24) is 0 Å². The number of carbonyl (C=O) groups is 3. The molecule has 83 heavy (non-hydrogen) atoms. The normalized spacial score (nSPS) is 12.4. The molecule has 0 heterocycles. The molecule has 0 saturated heterocycles. The Morgan fingerprint density at radius 3 is 0.747 bits per heavy atom. The zero-order chi connectivity index (χ0) is 59.9. The summed E-state index contributed by atoms with van der Waals surface area (Å²) in [7, 11) is 0. The van der Waals surface area contributed by atoms with Gasteiger partial charge in [-0.15, -0.1) is 0 Å². The second kappa shape index (κ2) is 71.6. The number of rotatable bonds is 68. The fourth-order valence-electron chi connectivity index (χ4n) is 11.0. The topological polar surface area (TPSA) is 78.9 Å². The van der Waals surface area contributed by atoms with E-state index >= 15 is 0 Å². The monoisotopic (exact) mass is 1160 g/mol. The first-order valence-electron chi connectivity index (χ1n) is 36.8. The van der Waals surface area contributed by atoms with Gasteiger partial charge in [0.05, 0.1) is 0 Å². The fourth-order valence-corrected chi connectivity index (χ4v) is 11.0. The van der Waals surface area contributed by atoms with Gasteiger partial charge in [-0.3, -0.25) is 14.4 Å². The highest BCUT2D eigenvalue weighted by Crippen LogP contribution is 2.19. The largest absolute Gasteiger partial charge is 0.462 e. The van der Waals surface area contributed by atoms with Gasteiger partial charge in [0.2, 0.25) is 0 Å². The molecule has 1 unspecified atom stereocenters. The standard InChI is InChI=1S/C77H140O6/c1-4-7-10-13-16-19-22-25-28-30-32-34-35-36-37-38-39-40-41-43-44-46-49-52-55-58-61-64-67-70-76(79)82-73-74(72-81-75(78)69-66-63-60-57-54-51-48-27-24-21-18-15-12-9-6-3)83-77(80)71-68-65-62-59-56-53-50-47-45-42-33-31-29-26-23-20-17-14-11-8-5-2/h7,10,16,19,25,27-28,32,34,48,74H,4-6,8-9,11-15,17-18,20-24,26,29-31,33,35-47,49-73H2,1-3H3/b10-7-,19-16-,28-25-,34-32-,48-27-. The number of hydrogen-bond donors (Lipinski definition) is 0. The molecule has 0 aliphatic heterocycles. The molecule has 0 aliphatic rings. The first-order valence-corrected chi connectivity index (χ1v) is 36.8. The summed E-state index contributed by atoms with van der Waals surface area (Å²) in [5.41, 5.74) is 0. The Hall–Kier alpha value is -2.89. The molecule has 0 rings (SSSR count). The Bertz CT molecular complexity index is 1470. The van der Waals surface area contributed by atoms with Crippen LogP contribution in [0.1, 0.15) is 393 Å². The summed E-state index contributed by atoms with van der Waals surface area (Å²) in [6.45, 7) is 6.59. The van der Waals surface area contributed by atoms with Gasteiger partial charge in [0.1, 0.15) is 13.2 Å². The Labute approximate surface area is 517 Å². The van der Waals surface area contributed by atoms with Crippen LogP contribution in [0.5, 0.6) is 0 Å². The Kier molecular flexibility index (Phi) is 69.1. The third-order valence-electron chi connectivity index (χ3n) is 16.5. The maximum Gasteiger partial charge on any atom is 0.306 e. The van der Waals surface area contributed by atoms with Crippen molar-refractivity contribution >= 4 is 17.9 Å². The van der Waals surface area contributed by atoms with Crippen molar-refractivity contribution in [3.63, 3.8) is 0 Å². The van der Waals surface area contributed by atoms with Gasteiger partial charge in [-0.1, -0.05) is 351 Å². The van der Waals surface area contributed by atoms with Crippen LogP contribution in [0.3, 0.4) is 0 Å². The van der Waals surface area contributed by atoms with E-state index in [9.17, 15) is 14.4 Å². The van der Waals surface area contributed by atoms with Gasteiger partial charge in [0.15, 0.2) is 6.10 Å². The van der Waals surface area contributed by atoms with Crippen molar-refractivity contribution in [1.29, 1.82) is 0 Å². The predicted octanol–water partition coefficient (Wildman–Crippen LogP) is 25.5. The molecule has 0 fully saturated rings. The second-order valence-corrected chi connectivity index (χ2v) is 24.8. The molecule has 0 radical (unpaired) electrons. The lowest BCUT2D eigenvalue weighted by atomic mass is 10.0. The average molecular weight is 1160 g/mol. The minimum atomic E-state index is -0.776. The fraction of sp³-hybridized carbons (Fsp3) is 0.831. The van der Waals surface area contributed by atoms with E-state index in [1.807, 2.05) is 0 Å². The van der Waals surface area contributed by atoms with Crippen molar-refractivity contribution in [2.24, 2.45) is 0 Å². The lowest BCUT2D eigenvalue weighted by molar-refractivity contribution is -0.167. The second-order valence-electron chi connectivity index (χ2n) is 24.8. The van der Waals surface area contributed by atoms with Crippen LogP contribution in [0.25, 0.3) is 0 Å². The molecule has 0 saturated carbocycles. The van der Waals surface area contributed by atoms with E-state index in [1.54, 1.807) is 0 Å². The molecule has 0 bridgehead atoms. The first kappa shape index (κ1) is 80.1. The number of hydrogen-bond acceptors (Lipinski definition) is 6. The van der Waals surface area contributed by atoms with E-state index < -0.39 is 6.10 Å². The summed E-state index contributed by atoms with van der Waals surface area (Å²) in [5.74, 6) is -0.850. The van der Waals surface area contributed by atoms with Gasteiger partial charge in [-0.25, -0.2) is 0 Å². The summed E-state index contributed by atoms with van der Waals surface area (Å²) < 4.78 is 17.0. The van der Waals surface area contributed by atoms with Gasteiger partial charge in [0, 0.05) is 19.3 Å². The van der Waals surface area contributed by atoms with Crippen LogP contribution < -0.4 is 0 Å². The number of ether oxygens (including phenoxy) is 3. The van der Waals surface area contributed by atoms with Crippen LogP contribution in [0.15, 0.2) is 60.8 Å². The molecule has 6 heteroatoms. The van der Waals surface area contributed by atoms with Crippen molar-refractivity contribution in [2.45, 2.75) is 399 Å². The molecule has 0 aromatic carbocycles. The number of esters is 3. The van der Waals surface area contributed by atoms with Gasteiger partial charge in [-0.2, -0.15) is 0 Å². The van der Waals surface area contributed by atoms with Crippen LogP contribution in [0.4, 0.5) is 0 Å². The summed E-state index contributed by atoms with van der Waals surface area (Å²) >= 11 is 0. The van der Waals surface area contributed by atoms with E-state index in [-0.39, 0.29) is 31.1 Å². The van der Waals surface area contributed by atoms with Crippen LogP contribution in [0.2, 0.25) is 0 Å². The Balaban J connectivity index is 4.24.